The van der Waals surface area contributed by atoms with Gasteiger partial charge in [-0.2, -0.15) is 0 Å². The minimum Gasteiger partial charge on any atom is -0.445 e. The standard InChI is InChI=1S/C41H47N3O7/c45-36(24-14-5-15-25-42-41(47)51-29-34-22-12-4-13-23-34)44-37-39(50-28-33-20-10-3-11-21-33)38(49-27-32-18-8-2-9-19-32)35(43-40(37)46)30-48-26-31-16-6-1-7-17-31/h1-4,6-13,16-23,35,37-39H,5,14-15,24-30H2,(H,42,47)(H,43,46)(H,44,45)/t35-,37-,38-,39-/m1/s1. The van der Waals surface area contributed by atoms with E-state index in [0.29, 0.717) is 32.4 Å². The van der Waals surface area contributed by atoms with E-state index in [1.807, 2.05) is 121 Å². The van der Waals surface area contributed by atoms with Crippen LogP contribution in [-0.2, 0) is 55.0 Å². The Balaban J connectivity index is 1.17. The SMILES string of the molecule is O=C(CCCCCNC(=O)OCc1ccccc1)N[C@H]1C(=O)N[C@H](COCc2ccccc2)[C@@H](OCc2ccccc2)[C@@H]1OCc1ccccc1. The van der Waals surface area contributed by atoms with Crippen molar-refractivity contribution in [3.8, 4) is 0 Å². The molecule has 10 nitrogen and oxygen atoms in total. The van der Waals surface area contributed by atoms with E-state index in [1.54, 1.807) is 0 Å². The third kappa shape index (κ3) is 12.7. The molecule has 0 aromatic heterocycles. The molecule has 10 heteroatoms. The fourth-order valence-electron chi connectivity index (χ4n) is 5.82. The van der Waals surface area contributed by atoms with Gasteiger partial charge >= 0.3 is 6.09 Å². The molecular weight excluding hydrogens is 646 g/mol. The lowest BCUT2D eigenvalue weighted by Gasteiger charge is -2.42. The summed E-state index contributed by atoms with van der Waals surface area (Å²) in [5.41, 5.74) is 3.84. The molecule has 51 heavy (non-hydrogen) atoms. The van der Waals surface area contributed by atoms with Gasteiger partial charge in [-0.15, -0.1) is 0 Å². The highest BCUT2D eigenvalue weighted by atomic mass is 16.6. The van der Waals surface area contributed by atoms with E-state index in [1.165, 1.54) is 0 Å². The number of ether oxygens (including phenoxy) is 4. The van der Waals surface area contributed by atoms with Crippen molar-refractivity contribution in [1.82, 2.24) is 16.0 Å². The smallest absolute Gasteiger partial charge is 0.407 e. The van der Waals surface area contributed by atoms with Gasteiger partial charge in [-0.05, 0) is 35.1 Å². The van der Waals surface area contributed by atoms with Crippen molar-refractivity contribution >= 4 is 17.9 Å². The minimum absolute atomic E-state index is 0.194. The Morgan fingerprint density at radius 1 is 0.608 bits per heavy atom. The number of alkyl carbamates (subject to hydrolysis) is 1. The van der Waals surface area contributed by atoms with E-state index >= 15 is 0 Å². The van der Waals surface area contributed by atoms with Gasteiger partial charge in [0.2, 0.25) is 11.8 Å². The van der Waals surface area contributed by atoms with Crippen molar-refractivity contribution < 1.29 is 33.3 Å². The largest absolute Gasteiger partial charge is 0.445 e. The Morgan fingerprint density at radius 3 is 1.69 bits per heavy atom. The number of unbranched alkanes of at least 4 members (excludes halogenated alkanes) is 2. The number of nitrogens with one attached hydrogen (secondary N) is 3. The average molecular weight is 694 g/mol. The van der Waals surface area contributed by atoms with Crippen LogP contribution >= 0.6 is 0 Å². The third-order valence-electron chi connectivity index (χ3n) is 8.52. The molecular formula is C41H47N3O7. The fourth-order valence-corrected chi connectivity index (χ4v) is 5.82. The lowest BCUT2D eigenvalue weighted by atomic mass is 9.92. The molecule has 1 heterocycles. The summed E-state index contributed by atoms with van der Waals surface area (Å²) in [6.45, 7) is 1.73. The molecule has 1 fully saturated rings. The molecule has 0 bridgehead atoms. The van der Waals surface area contributed by atoms with Gasteiger partial charge in [0.15, 0.2) is 0 Å². The average Bonchev–Trinajstić information content (AvgIpc) is 3.17. The maximum atomic E-state index is 13.7. The van der Waals surface area contributed by atoms with Crippen LogP contribution in [0.5, 0.6) is 0 Å². The Morgan fingerprint density at radius 2 is 1.12 bits per heavy atom. The number of benzene rings is 4. The highest BCUT2D eigenvalue weighted by Crippen LogP contribution is 2.23. The molecule has 4 atom stereocenters. The van der Waals surface area contributed by atoms with Crippen molar-refractivity contribution in [2.75, 3.05) is 13.2 Å². The van der Waals surface area contributed by atoms with Gasteiger partial charge in [-0.25, -0.2) is 4.79 Å². The molecule has 1 saturated heterocycles. The molecule has 0 spiro atoms. The molecule has 0 saturated carbocycles. The monoisotopic (exact) mass is 693 g/mol. The van der Waals surface area contributed by atoms with Gasteiger partial charge in [-0.3, -0.25) is 9.59 Å². The van der Waals surface area contributed by atoms with Crippen LogP contribution in [-0.4, -0.2) is 55.4 Å². The van der Waals surface area contributed by atoms with Gasteiger partial charge in [0.1, 0.15) is 24.9 Å². The zero-order valence-corrected chi connectivity index (χ0v) is 28.8. The van der Waals surface area contributed by atoms with Crippen LogP contribution in [0.25, 0.3) is 0 Å². The second kappa shape index (κ2) is 20.6. The van der Waals surface area contributed by atoms with E-state index in [0.717, 1.165) is 22.3 Å². The molecule has 4 aromatic rings. The maximum Gasteiger partial charge on any atom is 0.407 e. The van der Waals surface area contributed by atoms with E-state index in [-0.39, 0.29) is 44.7 Å². The minimum atomic E-state index is -0.978. The first-order chi connectivity index (χ1) is 25.0. The first-order valence-electron chi connectivity index (χ1n) is 17.5. The Bertz CT molecular complexity index is 1610. The van der Waals surface area contributed by atoms with Crippen molar-refractivity contribution in [1.29, 1.82) is 0 Å². The molecule has 4 aromatic carbocycles. The predicted octanol–water partition coefficient (Wildman–Crippen LogP) is 5.84. The number of amides is 3. The van der Waals surface area contributed by atoms with Crippen LogP contribution in [0.4, 0.5) is 4.79 Å². The van der Waals surface area contributed by atoms with Crippen LogP contribution in [0.1, 0.15) is 47.9 Å². The number of hydrogen-bond donors (Lipinski definition) is 3. The molecule has 0 aliphatic carbocycles. The lowest BCUT2D eigenvalue weighted by Crippen LogP contribution is -2.69. The van der Waals surface area contributed by atoms with E-state index in [2.05, 4.69) is 16.0 Å². The molecule has 268 valence electrons. The molecule has 3 amide bonds. The Kier molecular flexibility index (Phi) is 15.0. The van der Waals surface area contributed by atoms with E-state index in [9.17, 15) is 14.4 Å². The van der Waals surface area contributed by atoms with Gasteiger partial charge < -0.3 is 34.9 Å². The zero-order chi connectivity index (χ0) is 35.5. The van der Waals surface area contributed by atoms with Gasteiger partial charge in [0, 0.05) is 13.0 Å². The van der Waals surface area contributed by atoms with Gasteiger partial charge in [0.05, 0.1) is 32.5 Å². The summed E-state index contributed by atoms with van der Waals surface area (Å²) in [5.74, 6) is -0.619. The number of piperidine rings is 1. The number of carbonyl (C=O) groups excluding carboxylic acids is 3. The molecule has 1 aliphatic rings. The van der Waals surface area contributed by atoms with Crippen LogP contribution in [0.3, 0.4) is 0 Å². The Labute approximate surface area is 299 Å². The topological polar surface area (TPSA) is 124 Å². The summed E-state index contributed by atoms with van der Waals surface area (Å²) >= 11 is 0. The second-order valence-electron chi connectivity index (χ2n) is 12.5. The van der Waals surface area contributed by atoms with Gasteiger partial charge in [0.25, 0.3) is 0 Å². The molecule has 5 rings (SSSR count). The quantitative estimate of drug-likeness (QED) is 0.105. The van der Waals surface area contributed by atoms with E-state index < -0.39 is 30.4 Å². The summed E-state index contributed by atoms with van der Waals surface area (Å²) in [6, 6.07) is 37.3. The highest BCUT2D eigenvalue weighted by molar-refractivity contribution is 5.89. The number of rotatable bonds is 19. The summed E-state index contributed by atoms with van der Waals surface area (Å²) < 4.78 is 24.3. The van der Waals surface area contributed by atoms with Crippen molar-refractivity contribution in [3.05, 3.63) is 144 Å². The van der Waals surface area contributed by atoms with Gasteiger partial charge in [-0.1, -0.05) is 128 Å². The second-order valence-corrected chi connectivity index (χ2v) is 12.5. The summed E-state index contributed by atoms with van der Waals surface area (Å²) in [7, 11) is 0. The first-order valence-corrected chi connectivity index (χ1v) is 17.5. The third-order valence-corrected chi connectivity index (χ3v) is 8.52. The normalized spacial score (nSPS) is 18.4. The molecule has 3 N–H and O–H groups in total. The molecule has 0 radical (unpaired) electrons. The summed E-state index contributed by atoms with van der Waals surface area (Å²) in [5, 5.41) is 8.74. The molecule has 1 aliphatic heterocycles. The Hall–Kier alpha value is -5.03. The van der Waals surface area contributed by atoms with Crippen molar-refractivity contribution in [3.63, 3.8) is 0 Å². The van der Waals surface area contributed by atoms with Crippen molar-refractivity contribution in [2.24, 2.45) is 0 Å². The first kappa shape index (κ1) is 37.2. The molecule has 0 unspecified atom stereocenters. The summed E-state index contributed by atoms with van der Waals surface area (Å²) in [6.07, 6.45) is 0.298. The van der Waals surface area contributed by atoms with Crippen LogP contribution in [0.15, 0.2) is 121 Å². The van der Waals surface area contributed by atoms with Crippen LogP contribution < -0.4 is 16.0 Å². The number of carbonyl (C=O) groups is 3. The zero-order valence-electron chi connectivity index (χ0n) is 28.8. The van der Waals surface area contributed by atoms with E-state index in [4.69, 9.17) is 18.9 Å². The lowest BCUT2D eigenvalue weighted by molar-refractivity contribution is -0.162. The van der Waals surface area contributed by atoms with Crippen LogP contribution in [0, 0.1) is 0 Å². The number of hydrogen-bond acceptors (Lipinski definition) is 7. The fraction of sp³-hybridized carbons (Fsp3) is 0.341. The highest BCUT2D eigenvalue weighted by Gasteiger charge is 2.46. The predicted molar refractivity (Wildman–Crippen MR) is 193 cm³/mol. The van der Waals surface area contributed by atoms with Crippen LogP contribution in [0.2, 0.25) is 0 Å². The maximum absolute atomic E-state index is 13.7. The summed E-state index contributed by atoms with van der Waals surface area (Å²) in [4.78, 5) is 38.9. The van der Waals surface area contributed by atoms with Crippen molar-refractivity contribution in [2.45, 2.75) is 76.4 Å².